The summed E-state index contributed by atoms with van der Waals surface area (Å²) in [6.07, 6.45) is 4.94. The minimum atomic E-state index is -0.145. The summed E-state index contributed by atoms with van der Waals surface area (Å²) in [7, 11) is 5.58. The lowest BCUT2D eigenvalue weighted by Gasteiger charge is -2.09. The number of carbonyl (C=O) groups is 1. The van der Waals surface area contributed by atoms with Gasteiger partial charge in [0.25, 0.3) is 0 Å². The third-order valence-corrected chi connectivity index (χ3v) is 11.4. The molecule has 0 amide bonds. The van der Waals surface area contributed by atoms with Crippen molar-refractivity contribution in [2.24, 2.45) is 0 Å². The molecule has 0 saturated carbocycles. The predicted molar refractivity (Wildman–Crippen MR) is 243 cm³/mol. The van der Waals surface area contributed by atoms with Crippen molar-refractivity contribution in [1.29, 1.82) is 0 Å². The molecule has 0 aromatic heterocycles. The maximum atomic E-state index is 11.8. The molecule has 1 fully saturated rings. The number of hydrogen-bond acceptors (Lipinski definition) is 21. The van der Waals surface area contributed by atoms with Gasteiger partial charge in [-0.25, -0.2) is 0 Å². The molecule has 1 saturated heterocycles. The summed E-state index contributed by atoms with van der Waals surface area (Å²) in [5, 5.41) is 0.760. The molecule has 0 aliphatic carbocycles. The Morgan fingerprint density at radius 1 is 0.359 bits per heavy atom. The Bertz CT molecular complexity index is 901. The van der Waals surface area contributed by atoms with Crippen LogP contribution in [0.25, 0.3) is 0 Å². The van der Waals surface area contributed by atoms with Crippen molar-refractivity contribution in [2.75, 3.05) is 237 Å². The zero-order valence-electron chi connectivity index (χ0n) is 38.9. The number of rotatable bonds is 56. The first-order chi connectivity index (χ1) is 31.8. The summed E-state index contributed by atoms with van der Waals surface area (Å²) in [4.78, 5) is 11.8. The van der Waals surface area contributed by atoms with Crippen LogP contribution in [-0.4, -0.2) is 249 Å². The van der Waals surface area contributed by atoms with E-state index in [0.29, 0.717) is 224 Å². The number of carbonyl (C=O) groups excluding carboxylic acids is 1. The summed E-state index contributed by atoms with van der Waals surface area (Å²) in [5.41, 5.74) is 0. The van der Waals surface area contributed by atoms with E-state index in [4.69, 9.17) is 85.3 Å². The first-order valence-corrected chi connectivity index (χ1v) is 25.4. The highest BCUT2D eigenvalue weighted by Gasteiger charge is 2.16. The highest BCUT2D eigenvalue weighted by atomic mass is 33.1. The maximum Gasteiger partial charge on any atom is 0.305 e. The highest BCUT2D eigenvalue weighted by Crippen LogP contribution is 2.39. The van der Waals surface area contributed by atoms with Gasteiger partial charge in [0.2, 0.25) is 0 Å². The smallest absolute Gasteiger partial charge is 0.305 e. The average molecular weight is 969 g/mol. The van der Waals surface area contributed by atoms with Gasteiger partial charge in [0.15, 0.2) is 0 Å². The fraction of sp³-hybridized carbons (Fsp3) is 0.977. The molecular formula is C43H84O19S2. The van der Waals surface area contributed by atoms with E-state index in [1.54, 1.807) is 7.11 Å². The molecule has 0 spiro atoms. The van der Waals surface area contributed by atoms with Crippen molar-refractivity contribution < 1.29 is 90.1 Å². The third kappa shape index (κ3) is 50.9. The van der Waals surface area contributed by atoms with Crippen LogP contribution in [0, 0.1) is 0 Å². The van der Waals surface area contributed by atoms with E-state index in [-0.39, 0.29) is 12.6 Å². The van der Waals surface area contributed by atoms with E-state index in [1.165, 1.54) is 18.6 Å². The van der Waals surface area contributed by atoms with Crippen LogP contribution in [0.3, 0.4) is 0 Å². The Morgan fingerprint density at radius 3 is 0.844 bits per heavy atom. The van der Waals surface area contributed by atoms with E-state index in [0.717, 1.165) is 18.1 Å². The molecule has 64 heavy (non-hydrogen) atoms. The molecule has 21 heteroatoms. The average Bonchev–Trinajstić information content (AvgIpc) is 3.83. The first-order valence-electron chi connectivity index (χ1n) is 23.0. The molecule has 0 aromatic rings. The Balaban J connectivity index is 1.60. The fourth-order valence-electron chi connectivity index (χ4n) is 5.04. The van der Waals surface area contributed by atoms with Gasteiger partial charge < -0.3 is 85.3 Å². The molecule has 0 bridgehead atoms. The molecule has 1 aliphatic heterocycles. The van der Waals surface area contributed by atoms with Crippen molar-refractivity contribution in [3.63, 3.8) is 0 Å². The highest BCUT2D eigenvalue weighted by molar-refractivity contribution is 8.77. The third-order valence-electron chi connectivity index (χ3n) is 8.39. The Labute approximate surface area is 391 Å². The van der Waals surface area contributed by atoms with Crippen LogP contribution in [0.4, 0.5) is 0 Å². The summed E-state index contributed by atoms with van der Waals surface area (Å²) < 4.78 is 97.7. The summed E-state index contributed by atoms with van der Waals surface area (Å²) >= 11 is 0. The predicted octanol–water partition coefficient (Wildman–Crippen LogP) is 3.16. The number of methoxy groups -OCH3 is 1. The van der Waals surface area contributed by atoms with E-state index in [9.17, 15) is 4.79 Å². The molecule has 1 atom stereocenters. The van der Waals surface area contributed by atoms with E-state index in [2.05, 4.69) is 0 Å². The number of unbranched alkanes of at least 4 members (excludes halogenated alkanes) is 1. The molecule has 382 valence electrons. The van der Waals surface area contributed by atoms with Gasteiger partial charge in [0.05, 0.1) is 218 Å². The molecule has 0 aromatic carbocycles. The van der Waals surface area contributed by atoms with Crippen LogP contribution >= 0.6 is 21.6 Å². The molecule has 0 radical (unpaired) electrons. The van der Waals surface area contributed by atoms with Crippen molar-refractivity contribution in [1.82, 2.24) is 0 Å². The minimum absolute atomic E-state index is 0.145. The van der Waals surface area contributed by atoms with Gasteiger partial charge in [-0.2, -0.15) is 0 Å². The Kier molecular flexibility index (Phi) is 52.9. The Morgan fingerprint density at radius 2 is 0.609 bits per heavy atom. The van der Waals surface area contributed by atoms with Gasteiger partial charge >= 0.3 is 5.97 Å². The standard InChI is InChI=1S/C43H84O19S2/c1-45-7-8-46-9-10-47-11-12-48-13-14-49-15-16-50-17-18-51-19-20-52-21-22-53-23-24-54-25-26-55-27-28-56-29-30-57-31-32-58-33-34-59-35-36-60-37-38-61-39-40-62-43(44)5-3-2-4-42-6-41-63-64-42/h42H,2-41H2,1H3. The van der Waals surface area contributed by atoms with E-state index >= 15 is 0 Å². The quantitative estimate of drug-likeness (QED) is 0.0492. The number of hydrogen-bond donors (Lipinski definition) is 0. The lowest BCUT2D eigenvalue weighted by Crippen LogP contribution is -2.16. The maximum absolute atomic E-state index is 11.8. The normalized spacial score (nSPS) is 14.0. The molecule has 1 heterocycles. The van der Waals surface area contributed by atoms with Crippen LogP contribution in [0.15, 0.2) is 0 Å². The van der Waals surface area contributed by atoms with Gasteiger partial charge in [-0.3, -0.25) is 4.79 Å². The lowest BCUT2D eigenvalue weighted by atomic mass is 10.1. The van der Waals surface area contributed by atoms with Crippen LogP contribution in [-0.2, 0) is 90.1 Å². The molecule has 1 unspecified atom stereocenters. The van der Waals surface area contributed by atoms with Crippen molar-refractivity contribution in [3.05, 3.63) is 0 Å². The van der Waals surface area contributed by atoms with Crippen LogP contribution in [0.5, 0.6) is 0 Å². The molecule has 19 nitrogen and oxygen atoms in total. The second kappa shape index (κ2) is 55.1. The van der Waals surface area contributed by atoms with Crippen LogP contribution in [0.1, 0.15) is 32.1 Å². The van der Waals surface area contributed by atoms with Crippen molar-refractivity contribution in [2.45, 2.75) is 37.4 Å². The summed E-state index contributed by atoms with van der Waals surface area (Å²) in [6.45, 7) is 16.8. The van der Waals surface area contributed by atoms with E-state index in [1.807, 2.05) is 21.6 Å². The van der Waals surface area contributed by atoms with E-state index < -0.39 is 0 Å². The summed E-state index contributed by atoms with van der Waals surface area (Å²) in [5.74, 6) is 1.11. The van der Waals surface area contributed by atoms with Gasteiger partial charge in [-0.1, -0.05) is 28.0 Å². The van der Waals surface area contributed by atoms with Gasteiger partial charge in [-0.15, -0.1) is 0 Å². The van der Waals surface area contributed by atoms with Crippen molar-refractivity contribution >= 4 is 27.6 Å². The van der Waals surface area contributed by atoms with Gasteiger partial charge in [-0.05, 0) is 19.3 Å². The van der Waals surface area contributed by atoms with Crippen molar-refractivity contribution in [3.8, 4) is 0 Å². The lowest BCUT2D eigenvalue weighted by molar-refractivity contribution is -0.145. The molecule has 1 rings (SSSR count). The minimum Gasteiger partial charge on any atom is -0.463 e. The second-order valence-corrected chi connectivity index (χ2v) is 16.4. The zero-order valence-corrected chi connectivity index (χ0v) is 40.6. The topological polar surface area (TPSA) is 183 Å². The SMILES string of the molecule is COCCOCCOCCOCCOCCOCCOCCOCCOCCOCCOCCOCCOCCOCCOCCOCCOCCOC(=O)CCCCC1CCSS1. The zero-order chi connectivity index (χ0) is 45.6. The number of ether oxygens (including phenoxy) is 18. The van der Waals surface area contributed by atoms with Crippen LogP contribution < -0.4 is 0 Å². The molecular weight excluding hydrogens is 885 g/mol. The largest absolute Gasteiger partial charge is 0.463 e. The monoisotopic (exact) mass is 969 g/mol. The van der Waals surface area contributed by atoms with Gasteiger partial charge in [0, 0.05) is 24.5 Å². The summed E-state index contributed by atoms with van der Waals surface area (Å²) in [6, 6.07) is 0. The van der Waals surface area contributed by atoms with Gasteiger partial charge in [0.1, 0.15) is 6.61 Å². The molecule has 1 aliphatic rings. The second-order valence-electron chi connectivity index (χ2n) is 13.6. The fourth-order valence-corrected chi connectivity index (χ4v) is 8.06. The number of esters is 1. The first kappa shape index (κ1) is 61.5. The molecule has 0 N–H and O–H groups in total. The van der Waals surface area contributed by atoms with Crippen LogP contribution in [0.2, 0.25) is 0 Å². The Hall–Kier alpha value is -0.510.